The number of nitrogens with zero attached hydrogens (tertiary/aromatic N) is 2. The molecule has 4 nitrogen and oxygen atoms in total. The lowest BCUT2D eigenvalue weighted by Gasteiger charge is -1.89. The van der Waals surface area contributed by atoms with Gasteiger partial charge in [0.2, 0.25) is 0 Å². The fourth-order valence-corrected chi connectivity index (χ4v) is 0.831. The molecular weight excluding hydrogens is 158 g/mol. The number of hydrogen-bond acceptors (Lipinski definition) is 4. The van der Waals surface area contributed by atoms with E-state index < -0.39 is 5.24 Å². The van der Waals surface area contributed by atoms with Crippen molar-refractivity contribution in [1.82, 2.24) is 9.59 Å². The van der Waals surface area contributed by atoms with E-state index in [2.05, 4.69) is 27.5 Å². The lowest BCUT2D eigenvalue weighted by atomic mass is 10.8. The third-order valence-electron chi connectivity index (χ3n) is 0.595. The highest BCUT2D eigenvalue weighted by atomic mass is 32.1. The van der Waals surface area contributed by atoms with Gasteiger partial charge in [-0.15, -0.1) is 5.10 Å². The van der Waals surface area contributed by atoms with E-state index in [4.69, 9.17) is 0 Å². The summed E-state index contributed by atoms with van der Waals surface area (Å²) in [5.41, 5.74) is 0. The van der Waals surface area contributed by atoms with Crippen LogP contribution < -0.4 is 5.32 Å². The Labute approximate surface area is 60.9 Å². The van der Waals surface area contributed by atoms with Crippen LogP contribution in [0.2, 0.25) is 0 Å². The van der Waals surface area contributed by atoms with E-state index in [9.17, 15) is 4.79 Å². The maximum absolute atomic E-state index is 10.2. The summed E-state index contributed by atoms with van der Waals surface area (Å²) >= 11 is 4.64. The van der Waals surface area contributed by atoms with E-state index in [1.165, 1.54) is 11.5 Å². The summed E-state index contributed by atoms with van der Waals surface area (Å²) in [5.74, 6) is 0.444. The first-order chi connectivity index (χ1) is 4.29. The van der Waals surface area contributed by atoms with Crippen molar-refractivity contribution in [1.29, 1.82) is 0 Å². The van der Waals surface area contributed by atoms with Gasteiger partial charge in [0.15, 0.2) is 5.82 Å². The summed E-state index contributed by atoms with van der Waals surface area (Å²) in [5, 5.41) is 7.08. The van der Waals surface area contributed by atoms with E-state index >= 15 is 0 Å². The van der Waals surface area contributed by atoms with E-state index in [0.717, 1.165) is 0 Å². The Morgan fingerprint density at radius 3 is 3.11 bits per heavy atom. The molecule has 1 N–H and O–H groups in total. The first kappa shape index (κ1) is 6.50. The van der Waals surface area contributed by atoms with Gasteiger partial charge in [-0.05, 0) is 11.5 Å². The van der Waals surface area contributed by atoms with Crippen LogP contribution in [0.5, 0.6) is 0 Å². The van der Waals surface area contributed by atoms with Crippen molar-refractivity contribution in [2.45, 2.75) is 0 Å². The van der Waals surface area contributed by atoms with Gasteiger partial charge in [0, 0.05) is 0 Å². The number of thiol groups is 1. The quantitative estimate of drug-likeness (QED) is 0.604. The molecule has 1 amide bonds. The van der Waals surface area contributed by atoms with Gasteiger partial charge in [0.25, 0.3) is 5.24 Å². The van der Waals surface area contributed by atoms with Crippen LogP contribution >= 0.6 is 24.2 Å². The highest BCUT2D eigenvalue weighted by molar-refractivity contribution is 7.96. The van der Waals surface area contributed by atoms with Gasteiger partial charge in [-0.1, -0.05) is 17.1 Å². The molecule has 0 bridgehead atoms. The second-order valence-electron chi connectivity index (χ2n) is 1.22. The molecule has 0 aromatic carbocycles. The smallest absolute Gasteiger partial charge is 0.281 e. The third kappa shape index (κ3) is 1.98. The Kier molecular flexibility index (Phi) is 2.01. The molecular formula is C3H3N3OS2. The molecule has 0 radical (unpaired) electrons. The minimum atomic E-state index is -0.428. The monoisotopic (exact) mass is 161 g/mol. The summed E-state index contributed by atoms with van der Waals surface area (Å²) in [6.07, 6.45) is 0. The first-order valence-corrected chi connectivity index (χ1v) is 3.34. The fourth-order valence-electron chi connectivity index (χ4n) is 0.329. The summed E-state index contributed by atoms with van der Waals surface area (Å²) in [6.45, 7) is 0. The Morgan fingerprint density at radius 1 is 1.89 bits per heavy atom. The molecule has 1 aromatic rings. The average molecular weight is 161 g/mol. The van der Waals surface area contributed by atoms with Gasteiger partial charge in [0.05, 0.1) is 5.38 Å². The molecule has 0 saturated heterocycles. The van der Waals surface area contributed by atoms with Crippen molar-refractivity contribution in [3.8, 4) is 0 Å². The Hall–Kier alpha value is -0.620. The van der Waals surface area contributed by atoms with Crippen LogP contribution in [-0.4, -0.2) is 14.8 Å². The summed E-state index contributed by atoms with van der Waals surface area (Å²) in [4.78, 5) is 10.2. The summed E-state index contributed by atoms with van der Waals surface area (Å²) < 4.78 is 3.52. The number of hydrogen-bond donors (Lipinski definition) is 2. The number of nitrogens with one attached hydrogen (secondary N) is 1. The Balaban J connectivity index is 2.58. The van der Waals surface area contributed by atoms with Crippen molar-refractivity contribution in [2.24, 2.45) is 0 Å². The SMILES string of the molecule is O=C(S)Nc1csnn1. The first-order valence-electron chi connectivity index (χ1n) is 2.06. The van der Waals surface area contributed by atoms with Crippen molar-refractivity contribution >= 4 is 35.2 Å². The minimum Gasteiger partial charge on any atom is -0.299 e. The topological polar surface area (TPSA) is 54.9 Å². The van der Waals surface area contributed by atoms with Gasteiger partial charge in [-0.3, -0.25) is 10.1 Å². The summed E-state index contributed by atoms with van der Waals surface area (Å²) in [7, 11) is 0. The molecule has 0 unspecified atom stereocenters. The largest absolute Gasteiger partial charge is 0.299 e. The minimum absolute atomic E-state index is 0.428. The van der Waals surface area contributed by atoms with Crippen molar-refractivity contribution in [2.75, 3.05) is 5.32 Å². The van der Waals surface area contributed by atoms with Gasteiger partial charge < -0.3 is 0 Å². The Morgan fingerprint density at radius 2 is 2.67 bits per heavy atom. The zero-order valence-electron chi connectivity index (χ0n) is 4.24. The second-order valence-corrected chi connectivity index (χ2v) is 2.24. The molecule has 0 saturated carbocycles. The van der Waals surface area contributed by atoms with Crippen LogP contribution in [-0.2, 0) is 0 Å². The number of amides is 1. The maximum Gasteiger partial charge on any atom is 0.281 e. The lowest BCUT2D eigenvalue weighted by molar-refractivity contribution is 0.270. The molecule has 6 heteroatoms. The number of carbonyl (C=O) groups excluding carboxylic acids is 1. The standard InChI is InChI=1S/C3H3N3OS2/c7-3(8)4-2-1-9-6-5-2/h1H,(H2,4,7,8). The second kappa shape index (κ2) is 2.79. The number of rotatable bonds is 1. The zero-order chi connectivity index (χ0) is 6.69. The van der Waals surface area contributed by atoms with E-state index in [1.807, 2.05) is 0 Å². The van der Waals surface area contributed by atoms with E-state index in [-0.39, 0.29) is 0 Å². The molecule has 0 aliphatic rings. The van der Waals surface area contributed by atoms with Crippen molar-refractivity contribution in [3.63, 3.8) is 0 Å². The summed E-state index contributed by atoms with van der Waals surface area (Å²) in [6, 6.07) is 0. The molecule has 1 heterocycles. The molecule has 1 aromatic heterocycles. The van der Waals surface area contributed by atoms with Gasteiger partial charge in [-0.25, -0.2) is 0 Å². The number of aromatic nitrogens is 2. The molecule has 48 valence electrons. The fraction of sp³-hybridized carbons (Fsp3) is 0. The molecule has 0 aliphatic heterocycles. The predicted molar refractivity (Wildman–Crippen MR) is 37.9 cm³/mol. The normalized spacial score (nSPS) is 9.00. The van der Waals surface area contributed by atoms with E-state index in [0.29, 0.717) is 5.82 Å². The van der Waals surface area contributed by atoms with Crippen LogP contribution in [0.15, 0.2) is 5.38 Å². The lowest BCUT2D eigenvalue weighted by Crippen LogP contribution is -2.00. The van der Waals surface area contributed by atoms with Crippen LogP contribution in [0.4, 0.5) is 10.6 Å². The highest BCUT2D eigenvalue weighted by Crippen LogP contribution is 2.03. The molecule has 9 heavy (non-hydrogen) atoms. The third-order valence-corrected chi connectivity index (χ3v) is 1.21. The van der Waals surface area contributed by atoms with Crippen LogP contribution in [0, 0.1) is 0 Å². The Bertz CT molecular complexity index is 197. The highest BCUT2D eigenvalue weighted by Gasteiger charge is 1.95. The molecule has 0 atom stereocenters. The number of anilines is 1. The molecule has 0 fully saturated rings. The number of carbonyl (C=O) groups is 1. The van der Waals surface area contributed by atoms with Crippen LogP contribution in [0.1, 0.15) is 0 Å². The van der Waals surface area contributed by atoms with E-state index in [1.54, 1.807) is 5.38 Å². The van der Waals surface area contributed by atoms with Crippen molar-refractivity contribution in [3.05, 3.63) is 5.38 Å². The van der Waals surface area contributed by atoms with Crippen molar-refractivity contribution < 1.29 is 4.79 Å². The predicted octanol–water partition coefficient (Wildman–Crippen LogP) is 1.000. The van der Waals surface area contributed by atoms with Gasteiger partial charge in [0.1, 0.15) is 0 Å². The zero-order valence-corrected chi connectivity index (χ0v) is 5.95. The molecule has 0 spiro atoms. The van der Waals surface area contributed by atoms with Gasteiger partial charge in [-0.2, -0.15) is 0 Å². The van der Waals surface area contributed by atoms with Crippen LogP contribution in [0.25, 0.3) is 0 Å². The molecule has 1 rings (SSSR count). The van der Waals surface area contributed by atoms with Crippen LogP contribution in [0.3, 0.4) is 0 Å². The molecule has 0 aliphatic carbocycles. The average Bonchev–Trinajstić information content (AvgIpc) is 2.15. The maximum atomic E-state index is 10.2. The van der Waals surface area contributed by atoms with Gasteiger partial charge >= 0.3 is 0 Å².